The molecule has 2 atom stereocenters. The van der Waals surface area contributed by atoms with Crippen molar-refractivity contribution in [1.29, 1.82) is 0 Å². The van der Waals surface area contributed by atoms with E-state index in [9.17, 15) is 9.59 Å². The van der Waals surface area contributed by atoms with Gasteiger partial charge in [-0.2, -0.15) is 0 Å². The monoisotopic (exact) mass is 445 g/mol. The predicted molar refractivity (Wildman–Crippen MR) is 129 cm³/mol. The van der Waals surface area contributed by atoms with E-state index in [4.69, 9.17) is 0 Å². The number of benzene rings is 2. The SMILES string of the molecule is C[C@@H]1CC(=O)Nc2ccccc2N1C(=O)CN[C@@H](c1ccc2c(c1)CCC2)c1cccs1. The summed E-state index contributed by atoms with van der Waals surface area (Å²) in [4.78, 5) is 28.7. The van der Waals surface area contributed by atoms with E-state index < -0.39 is 0 Å². The largest absolute Gasteiger partial charge is 0.324 e. The van der Waals surface area contributed by atoms with E-state index in [0.29, 0.717) is 5.69 Å². The van der Waals surface area contributed by atoms with Crippen LogP contribution >= 0.6 is 11.3 Å². The van der Waals surface area contributed by atoms with Gasteiger partial charge in [0.25, 0.3) is 0 Å². The molecule has 2 heterocycles. The fourth-order valence-electron chi connectivity index (χ4n) is 4.85. The van der Waals surface area contributed by atoms with Gasteiger partial charge in [-0.15, -0.1) is 11.3 Å². The fourth-order valence-corrected chi connectivity index (χ4v) is 5.68. The lowest BCUT2D eigenvalue weighted by Gasteiger charge is -2.29. The molecule has 5 rings (SSSR count). The summed E-state index contributed by atoms with van der Waals surface area (Å²) in [7, 11) is 0. The quantitative estimate of drug-likeness (QED) is 0.599. The molecule has 2 N–H and O–H groups in total. The highest BCUT2D eigenvalue weighted by Crippen LogP contribution is 2.33. The van der Waals surface area contributed by atoms with Crippen molar-refractivity contribution >= 4 is 34.5 Å². The van der Waals surface area contributed by atoms with Crippen molar-refractivity contribution in [2.75, 3.05) is 16.8 Å². The van der Waals surface area contributed by atoms with Crippen molar-refractivity contribution in [3.63, 3.8) is 0 Å². The third-order valence-electron chi connectivity index (χ3n) is 6.37. The van der Waals surface area contributed by atoms with Crippen LogP contribution in [0.2, 0.25) is 0 Å². The maximum atomic E-state index is 13.5. The Morgan fingerprint density at radius 1 is 1.16 bits per heavy atom. The number of fused-ring (bicyclic) bond motifs is 2. The van der Waals surface area contributed by atoms with Crippen molar-refractivity contribution in [2.24, 2.45) is 0 Å². The Bertz CT molecular complexity index is 1140. The molecule has 32 heavy (non-hydrogen) atoms. The molecular weight excluding hydrogens is 418 g/mol. The van der Waals surface area contributed by atoms with Gasteiger partial charge in [0.05, 0.1) is 24.0 Å². The van der Waals surface area contributed by atoms with Crippen molar-refractivity contribution in [3.05, 3.63) is 81.5 Å². The Labute approximate surface area is 192 Å². The standard InChI is InChI=1S/C26H27N3O2S/c1-17-14-24(30)28-21-8-2-3-9-22(21)29(17)25(31)16-27-26(23-10-5-13-32-23)20-12-11-18-6-4-7-19(18)15-20/h2-3,5,8-13,15,17,26-27H,4,6-7,14,16H2,1H3,(H,28,30)/t17-,26+/m1/s1. The molecule has 0 saturated carbocycles. The highest BCUT2D eigenvalue weighted by molar-refractivity contribution is 7.10. The Kier molecular flexibility index (Phi) is 5.81. The molecular formula is C26H27N3O2S. The van der Waals surface area contributed by atoms with Crippen LogP contribution in [0.25, 0.3) is 0 Å². The molecule has 164 valence electrons. The van der Waals surface area contributed by atoms with Crippen LogP contribution in [0.5, 0.6) is 0 Å². The van der Waals surface area contributed by atoms with Crippen LogP contribution in [0, 0.1) is 0 Å². The molecule has 6 heteroatoms. The summed E-state index contributed by atoms with van der Waals surface area (Å²) in [5.41, 5.74) is 5.51. The molecule has 1 aliphatic carbocycles. The minimum Gasteiger partial charge on any atom is -0.324 e. The third kappa shape index (κ3) is 4.08. The Hall–Kier alpha value is -2.96. The summed E-state index contributed by atoms with van der Waals surface area (Å²) < 4.78 is 0. The summed E-state index contributed by atoms with van der Waals surface area (Å²) in [5, 5.41) is 8.52. The summed E-state index contributed by atoms with van der Waals surface area (Å²) in [6.07, 6.45) is 3.78. The molecule has 3 aromatic rings. The first kappa shape index (κ1) is 20.9. The Balaban J connectivity index is 1.40. The third-order valence-corrected chi connectivity index (χ3v) is 7.31. The molecule has 0 bridgehead atoms. The van der Waals surface area contributed by atoms with Gasteiger partial charge in [0.2, 0.25) is 11.8 Å². The lowest BCUT2D eigenvalue weighted by molar-refractivity contribution is -0.118. The molecule has 2 aliphatic rings. The van der Waals surface area contributed by atoms with E-state index in [1.54, 1.807) is 16.2 Å². The summed E-state index contributed by atoms with van der Waals surface area (Å²) in [6.45, 7) is 2.11. The van der Waals surface area contributed by atoms with E-state index in [-0.39, 0.29) is 36.9 Å². The van der Waals surface area contributed by atoms with Crippen LogP contribution in [-0.4, -0.2) is 24.4 Å². The molecule has 0 fully saturated rings. The number of hydrogen-bond acceptors (Lipinski definition) is 4. The number of aryl methyl sites for hydroxylation is 2. The molecule has 1 aromatic heterocycles. The first-order chi connectivity index (χ1) is 15.6. The Morgan fingerprint density at radius 2 is 2.00 bits per heavy atom. The zero-order valence-corrected chi connectivity index (χ0v) is 19.0. The maximum Gasteiger partial charge on any atom is 0.241 e. The van der Waals surface area contributed by atoms with Crippen LogP contribution in [0.1, 0.15) is 47.4 Å². The number of para-hydroxylation sites is 2. The first-order valence-electron chi connectivity index (χ1n) is 11.2. The maximum absolute atomic E-state index is 13.5. The highest BCUT2D eigenvalue weighted by Gasteiger charge is 2.30. The zero-order valence-electron chi connectivity index (χ0n) is 18.1. The number of carbonyl (C=O) groups is 2. The topological polar surface area (TPSA) is 61.4 Å². The van der Waals surface area contributed by atoms with Crippen LogP contribution < -0.4 is 15.5 Å². The second-order valence-electron chi connectivity index (χ2n) is 8.59. The zero-order chi connectivity index (χ0) is 22.1. The lowest BCUT2D eigenvalue weighted by atomic mass is 10.00. The van der Waals surface area contributed by atoms with E-state index >= 15 is 0 Å². The summed E-state index contributed by atoms with van der Waals surface area (Å²) >= 11 is 1.70. The normalized spacial score (nSPS) is 18.5. The summed E-state index contributed by atoms with van der Waals surface area (Å²) in [5.74, 6) is -0.105. The predicted octanol–water partition coefficient (Wildman–Crippen LogP) is 4.68. The number of carbonyl (C=O) groups excluding carboxylic acids is 2. The van der Waals surface area contributed by atoms with Crippen molar-refractivity contribution in [3.8, 4) is 0 Å². The van der Waals surface area contributed by atoms with Crippen LogP contribution in [0.15, 0.2) is 60.0 Å². The van der Waals surface area contributed by atoms with Gasteiger partial charge in [0.15, 0.2) is 0 Å². The number of thiophene rings is 1. The molecule has 1 aliphatic heterocycles. The average molecular weight is 446 g/mol. The van der Waals surface area contributed by atoms with Crippen LogP contribution in [-0.2, 0) is 22.4 Å². The smallest absolute Gasteiger partial charge is 0.241 e. The number of amides is 2. The number of rotatable bonds is 5. The highest BCUT2D eigenvalue weighted by atomic mass is 32.1. The van der Waals surface area contributed by atoms with Crippen LogP contribution in [0.4, 0.5) is 11.4 Å². The first-order valence-corrected chi connectivity index (χ1v) is 12.1. The molecule has 0 spiro atoms. The van der Waals surface area contributed by atoms with Crippen molar-refractivity contribution < 1.29 is 9.59 Å². The molecule has 2 amide bonds. The van der Waals surface area contributed by atoms with Gasteiger partial charge in [0.1, 0.15) is 0 Å². The molecule has 0 unspecified atom stereocenters. The molecule has 2 aromatic carbocycles. The van der Waals surface area contributed by atoms with Gasteiger partial charge in [-0.3, -0.25) is 14.9 Å². The van der Waals surface area contributed by atoms with E-state index in [2.05, 4.69) is 40.3 Å². The molecule has 0 saturated heterocycles. The van der Waals surface area contributed by atoms with Gasteiger partial charge in [-0.25, -0.2) is 0 Å². The lowest BCUT2D eigenvalue weighted by Crippen LogP contribution is -2.44. The van der Waals surface area contributed by atoms with E-state index in [1.807, 2.05) is 37.3 Å². The Morgan fingerprint density at radius 3 is 2.84 bits per heavy atom. The van der Waals surface area contributed by atoms with Crippen molar-refractivity contribution in [2.45, 2.75) is 44.7 Å². The summed E-state index contributed by atoms with van der Waals surface area (Å²) in [6, 6.07) is 18.2. The van der Waals surface area contributed by atoms with Crippen molar-refractivity contribution in [1.82, 2.24) is 5.32 Å². The molecule has 0 radical (unpaired) electrons. The fraction of sp³-hybridized carbons (Fsp3) is 0.308. The number of nitrogens with zero attached hydrogens (tertiary/aromatic N) is 1. The van der Waals surface area contributed by atoms with E-state index in [1.165, 1.54) is 28.0 Å². The number of nitrogens with one attached hydrogen (secondary N) is 2. The second-order valence-corrected chi connectivity index (χ2v) is 9.57. The van der Waals surface area contributed by atoms with Gasteiger partial charge >= 0.3 is 0 Å². The van der Waals surface area contributed by atoms with Gasteiger partial charge in [0, 0.05) is 17.3 Å². The average Bonchev–Trinajstić information content (AvgIpc) is 3.45. The second kappa shape index (κ2) is 8.88. The minimum absolute atomic E-state index is 0.0378. The number of hydrogen-bond donors (Lipinski definition) is 2. The van der Waals surface area contributed by atoms with E-state index in [0.717, 1.165) is 18.5 Å². The van der Waals surface area contributed by atoms with Gasteiger partial charge in [-0.1, -0.05) is 36.4 Å². The molecule has 5 nitrogen and oxygen atoms in total. The van der Waals surface area contributed by atoms with Gasteiger partial charge in [-0.05, 0) is 66.5 Å². The van der Waals surface area contributed by atoms with Gasteiger partial charge < -0.3 is 10.2 Å². The van der Waals surface area contributed by atoms with Crippen LogP contribution in [0.3, 0.4) is 0 Å². The number of anilines is 2. The minimum atomic E-state index is -0.215.